The average molecular weight is 487 g/mol. The molecule has 0 bridgehead atoms. The van der Waals surface area contributed by atoms with Gasteiger partial charge in [0.15, 0.2) is 0 Å². The fourth-order valence-corrected chi connectivity index (χ4v) is 4.35. The lowest BCUT2D eigenvalue weighted by atomic mass is 9.91. The lowest BCUT2D eigenvalue weighted by molar-refractivity contribution is -0.132. The van der Waals surface area contributed by atoms with Crippen LogP contribution in [0.15, 0.2) is 35.6 Å². The number of carbonyl (C=O) groups excluding carboxylic acids is 1. The number of methoxy groups -OCH3 is 1. The van der Waals surface area contributed by atoms with Crippen LogP contribution in [0.2, 0.25) is 0 Å². The number of carbonyl (C=O) groups is 1. The molecule has 186 valence electrons. The summed E-state index contributed by atoms with van der Waals surface area (Å²) in [5, 5.41) is 14.0. The van der Waals surface area contributed by atoms with E-state index in [1.807, 2.05) is 6.07 Å². The zero-order valence-electron chi connectivity index (χ0n) is 19.8. The monoisotopic (exact) mass is 486 g/mol. The molecule has 1 fully saturated rings. The number of anilines is 2. The lowest BCUT2D eigenvalue weighted by Gasteiger charge is -2.41. The molecule has 10 nitrogen and oxygen atoms in total. The van der Waals surface area contributed by atoms with Gasteiger partial charge in [0.1, 0.15) is 23.5 Å². The first-order valence-electron chi connectivity index (χ1n) is 11.2. The highest BCUT2D eigenvalue weighted by atomic mass is 19.1. The highest BCUT2D eigenvalue weighted by Gasteiger charge is 2.41. The fraction of sp³-hybridized carbons (Fsp3) is 0.435. The molecule has 12 heteroatoms. The maximum Gasteiger partial charge on any atom is 0.244 e. The van der Waals surface area contributed by atoms with E-state index in [1.54, 1.807) is 28.9 Å². The molecule has 3 aromatic rings. The average Bonchev–Trinajstić information content (AvgIpc) is 3.27. The zero-order chi connectivity index (χ0) is 25.2. The van der Waals surface area contributed by atoms with Crippen molar-refractivity contribution >= 4 is 28.7 Å². The SMILES string of the molecule is COc1nc(N[C@@H]2CCN(C(C)=O)CC2(C)F)nn2ccc(-c3ccc(N=N)c(NCCF)c3)c12. The van der Waals surface area contributed by atoms with Gasteiger partial charge in [-0.25, -0.2) is 18.8 Å². The van der Waals surface area contributed by atoms with Crippen molar-refractivity contribution in [2.45, 2.75) is 32.0 Å². The van der Waals surface area contributed by atoms with E-state index in [0.29, 0.717) is 29.9 Å². The number of nitrogens with zero attached hydrogens (tertiary/aromatic N) is 5. The minimum atomic E-state index is -1.66. The molecule has 0 aliphatic carbocycles. The number of amides is 1. The predicted molar refractivity (Wildman–Crippen MR) is 128 cm³/mol. The van der Waals surface area contributed by atoms with E-state index in [2.05, 4.69) is 25.8 Å². The number of aromatic nitrogens is 3. The van der Waals surface area contributed by atoms with E-state index in [4.69, 9.17) is 10.3 Å². The minimum Gasteiger partial charge on any atom is -0.479 e. The van der Waals surface area contributed by atoms with Gasteiger partial charge in [-0.05, 0) is 37.1 Å². The summed E-state index contributed by atoms with van der Waals surface area (Å²) >= 11 is 0. The van der Waals surface area contributed by atoms with Crippen LogP contribution in [0.3, 0.4) is 0 Å². The van der Waals surface area contributed by atoms with E-state index >= 15 is 4.39 Å². The molecule has 0 radical (unpaired) electrons. The number of benzene rings is 1. The molecule has 0 spiro atoms. The summed E-state index contributed by atoms with van der Waals surface area (Å²) in [6.45, 7) is 2.88. The summed E-state index contributed by atoms with van der Waals surface area (Å²) in [5.41, 5.74) is 8.74. The molecule has 3 heterocycles. The van der Waals surface area contributed by atoms with Gasteiger partial charge in [0.25, 0.3) is 0 Å². The van der Waals surface area contributed by atoms with Gasteiger partial charge in [0.05, 0.1) is 25.4 Å². The van der Waals surface area contributed by atoms with Crippen LogP contribution >= 0.6 is 0 Å². The van der Waals surface area contributed by atoms with Crippen molar-refractivity contribution in [2.24, 2.45) is 5.11 Å². The third-order valence-electron chi connectivity index (χ3n) is 6.17. The Morgan fingerprint density at radius 2 is 2.20 bits per heavy atom. The Balaban J connectivity index is 1.66. The van der Waals surface area contributed by atoms with Gasteiger partial charge in [-0.2, -0.15) is 10.1 Å². The number of hydrogen-bond donors (Lipinski definition) is 3. The molecule has 2 atom stereocenters. The first-order valence-corrected chi connectivity index (χ1v) is 11.2. The van der Waals surface area contributed by atoms with Gasteiger partial charge >= 0.3 is 0 Å². The van der Waals surface area contributed by atoms with Crippen molar-refractivity contribution < 1.29 is 18.3 Å². The molecular formula is C23H28F2N8O2. The summed E-state index contributed by atoms with van der Waals surface area (Å²) in [5.74, 6) is 0.339. The van der Waals surface area contributed by atoms with Crippen LogP contribution in [0, 0.1) is 5.53 Å². The Bertz CT molecular complexity index is 1250. The van der Waals surface area contributed by atoms with Crippen LogP contribution in [0.25, 0.3) is 16.6 Å². The minimum absolute atomic E-state index is 0.00752. The molecule has 3 N–H and O–H groups in total. The Morgan fingerprint density at radius 1 is 1.40 bits per heavy atom. The number of halogens is 2. The third-order valence-corrected chi connectivity index (χ3v) is 6.17. The normalized spacial score (nSPS) is 20.0. The Kier molecular flexibility index (Phi) is 6.81. The largest absolute Gasteiger partial charge is 0.479 e. The molecule has 1 aromatic carbocycles. The number of rotatable bonds is 8. The van der Waals surface area contributed by atoms with Gasteiger partial charge < -0.3 is 20.3 Å². The molecule has 0 saturated carbocycles. The Morgan fingerprint density at radius 3 is 2.86 bits per heavy atom. The summed E-state index contributed by atoms with van der Waals surface area (Å²) in [6.07, 6.45) is 2.15. The number of alkyl halides is 2. The van der Waals surface area contributed by atoms with Crippen LogP contribution in [0.4, 0.5) is 26.1 Å². The molecule has 1 saturated heterocycles. The summed E-state index contributed by atoms with van der Waals surface area (Å²) < 4.78 is 35.2. The molecule has 4 rings (SSSR count). The fourth-order valence-electron chi connectivity index (χ4n) is 4.35. The van der Waals surface area contributed by atoms with Crippen molar-refractivity contribution in [3.05, 3.63) is 30.5 Å². The van der Waals surface area contributed by atoms with Crippen molar-refractivity contribution in [1.82, 2.24) is 19.5 Å². The van der Waals surface area contributed by atoms with E-state index in [0.717, 1.165) is 11.1 Å². The standard InChI is InChI=1S/C23H28F2N8O2/c1-14(34)32-10-7-19(23(2,25)13-32)28-22-29-21(35-3)20-16(6-11-33(20)31-22)15-4-5-17(30-26)18(12-15)27-9-8-24/h4-6,11-12,19,26-27H,7-10,13H2,1-3H3,(H,28,31)/t19-,23?/m1/s1. The Hall–Kier alpha value is -3.83. The highest BCUT2D eigenvalue weighted by Crippen LogP contribution is 2.36. The molecule has 1 aliphatic rings. The van der Waals surface area contributed by atoms with Crippen molar-refractivity contribution in [1.29, 1.82) is 5.53 Å². The summed E-state index contributed by atoms with van der Waals surface area (Å²) in [4.78, 5) is 17.6. The van der Waals surface area contributed by atoms with Crippen molar-refractivity contribution in [3.63, 3.8) is 0 Å². The first kappa shape index (κ1) is 24.3. The number of nitrogens with one attached hydrogen (secondary N) is 3. The van der Waals surface area contributed by atoms with Crippen LogP contribution in [-0.2, 0) is 4.79 Å². The highest BCUT2D eigenvalue weighted by molar-refractivity contribution is 5.87. The lowest BCUT2D eigenvalue weighted by Crippen LogP contribution is -2.56. The summed E-state index contributed by atoms with van der Waals surface area (Å²) in [6, 6.07) is 6.51. The topological polar surface area (TPSA) is 120 Å². The van der Waals surface area contributed by atoms with E-state index in [-0.39, 0.29) is 30.8 Å². The second-order valence-electron chi connectivity index (χ2n) is 8.63. The number of piperidine rings is 1. The number of fused-ring (bicyclic) bond motifs is 1. The predicted octanol–water partition coefficient (Wildman–Crippen LogP) is 4.21. The quantitative estimate of drug-likeness (QED) is 0.410. The van der Waals surface area contributed by atoms with Gasteiger partial charge in [-0.15, -0.1) is 5.10 Å². The van der Waals surface area contributed by atoms with Gasteiger partial charge in [0, 0.05) is 31.8 Å². The molecule has 1 aliphatic heterocycles. The van der Waals surface area contributed by atoms with Crippen molar-refractivity contribution in [3.8, 4) is 17.0 Å². The second kappa shape index (κ2) is 9.80. The number of ether oxygens (including phenoxy) is 1. The van der Waals surface area contributed by atoms with E-state index < -0.39 is 18.4 Å². The van der Waals surface area contributed by atoms with Crippen LogP contribution in [0.1, 0.15) is 20.3 Å². The van der Waals surface area contributed by atoms with Gasteiger partial charge in [-0.3, -0.25) is 4.79 Å². The van der Waals surface area contributed by atoms with E-state index in [9.17, 15) is 9.18 Å². The van der Waals surface area contributed by atoms with Crippen LogP contribution in [-0.4, -0.2) is 70.5 Å². The smallest absolute Gasteiger partial charge is 0.244 e. The molecule has 1 amide bonds. The second-order valence-corrected chi connectivity index (χ2v) is 8.63. The molecule has 1 unspecified atom stereocenters. The van der Waals surface area contributed by atoms with Crippen molar-refractivity contribution in [2.75, 3.05) is 44.1 Å². The number of likely N-dealkylation sites (tertiary alicyclic amines) is 1. The molecule has 2 aromatic heterocycles. The van der Waals surface area contributed by atoms with Crippen LogP contribution in [0.5, 0.6) is 5.88 Å². The first-order chi connectivity index (χ1) is 16.8. The van der Waals surface area contributed by atoms with Crippen LogP contribution < -0.4 is 15.4 Å². The Labute approximate surface area is 201 Å². The molecular weight excluding hydrogens is 458 g/mol. The van der Waals surface area contributed by atoms with Gasteiger partial charge in [-0.1, -0.05) is 6.07 Å². The third kappa shape index (κ3) is 4.86. The van der Waals surface area contributed by atoms with Gasteiger partial charge in [0.2, 0.25) is 17.7 Å². The maximum absolute atomic E-state index is 15.3. The molecule has 35 heavy (non-hydrogen) atoms. The van der Waals surface area contributed by atoms with E-state index in [1.165, 1.54) is 25.9 Å². The summed E-state index contributed by atoms with van der Waals surface area (Å²) in [7, 11) is 1.49. The zero-order valence-corrected chi connectivity index (χ0v) is 19.8. The maximum atomic E-state index is 15.3. The number of hydrogen-bond acceptors (Lipinski definition) is 8.